The molecule has 3 aliphatic rings. The number of halogens is 1. The molecule has 7 rings (SSSR count). The molecule has 10 heteroatoms. The number of rotatable bonds is 6. The number of imidazole rings is 1. The zero-order valence-electron chi connectivity index (χ0n) is 21.8. The summed E-state index contributed by atoms with van der Waals surface area (Å²) in [5, 5.41) is 9.66. The molecule has 0 saturated carbocycles. The Morgan fingerprint density at radius 1 is 1.18 bits per heavy atom. The number of anilines is 3. The van der Waals surface area contributed by atoms with Gasteiger partial charge in [0, 0.05) is 68.2 Å². The molecule has 1 amide bonds. The highest BCUT2D eigenvalue weighted by Crippen LogP contribution is 2.46. The van der Waals surface area contributed by atoms with Gasteiger partial charge in [-0.2, -0.15) is 0 Å². The van der Waals surface area contributed by atoms with E-state index in [1.165, 1.54) is 17.7 Å². The molecule has 1 aromatic carbocycles. The lowest BCUT2D eigenvalue weighted by atomic mass is 9.76. The van der Waals surface area contributed by atoms with E-state index < -0.39 is 0 Å². The molecule has 4 aromatic rings. The molecule has 0 aliphatic carbocycles. The van der Waals surface area contributed by atoms with Gasteiger partial charge in [-0.25, -0.2) is 14.4 Å². The lowest BCUT2D eigenvalue weighted by Gasteiger charge is -2.34. The number of benzene rings is 1. The van der Waals surface area contributed by atoms with Gasteiger partial charge in [-0.1, -0.05) is 12.1 Å². The van der Waals surface area contributed by atoms with Crippen LogP contribution in [0.4, 0.5) is 21.7 Å². The van der Waals surface area contributed by atoms with Crippen LogP contribution in [0.5, 0.6) is 0 Å². The summed E-state index contributed by atoms with van der Waals surface area (Å²) in [5.74, 6) is 1.24. The molecule has 3 N–H and O–H groups in total. The van der Waals surface area contributed by atoms with Crippen molar-refractivity contribution in [3.63, 3.8) is 0 Å². The molecule has 6 heterocycles. The number of pyridine rings is 2. The van der Waals surface area contributed by atoms with Crippen LogP contribution >= 0.6 is 0 Å². The summed E-state index contributed by atoms with van der Waals surface area (Å²) in [5.41, 5.74) is 5.76. The average Bonchev–Trinajstić information content (AvgIpc) is 3.63. The third-order valence-electron chi connectivity index (χ3n) is 8.30. The summed E-state index contributed by atoms with van der Waals surface area (Å²) < 4.78 is 21.2. The molecular weight excluding hydrogens is 497 g/mol. The maximum absolute atomic E-state index is 13.7. The molecule has 200 valence electrons. The number of amides is 1. The summed E-state index contributed by atoms with van der Waals surface area (Å²) >= 11 is 0. The Morgan fingerprint density at radius 2 is 2.05 bits per heavy atom. The van der Waals surface area contributed by atoms with Crippen molar-refractivity contribution in [2.45, 2.75) is 24.8 Å². The predicted molar refractivity (Wildman–Crippen MR) is 147 cm³/mol. The Bertz CT molecular complexity index is 1590. The Hall–Kier alpha value is -4.02. The maximum atomic E-state index is 13.7. The van der Waals surface area contributed by atoms with Gasteiger partial charge in [0.2, 0.25) is 0 Å². The number of fused-ring (bicyclic) bond motifs is 4. The maximum Gasteiger partial charge on any atom is 0.254 e. The largest absolute Gasteiger partial charge is 0.381 e. The van der Waals surface area contributed by atoms with Crippen LogP contribution in [0.3, 0.4) is 0 Å². The average molecular weight is 528 g/mol. The van der Waals surface area contributed by atoms with Crippen molar-refractivity contribution in [3.8, 4) is 11.3 Å². The van der Waals surface area contributed by atoms with Crippen molar-refractivity contribution < 1.29 is 13.9 Å². The van der Waals surface area contributed by atoms with Gasteiger partial charge >= 0.3 is 0 Å². The molecule has 0 bridgehead atoms. The molecule has 9 nitrogen and oxygen atoms in total. The second-order valence-corrected chi connectivity index (χ2v) is 10.5. The Morgan fingerprint density at radius 3 is 2.90 bits per heavy atom. The van der Waals surface area contributed by atoms with Crippen LogP contribution < -0.4 is 20.9 Å². The van der Waals surface area contributed by atoms with E-state index in [9.17, 15) is 9.18 Å². The van der Waals surface area contributed by atoms with Crippen molar-refractivity contribution in [1.82, 2.24) is 25.0 Å². The first-order valence-electron chi connectivity index (χ1n) is 13.4. The standard InChI is InChI=1S/C29H30FN7O2/c1-31-9-11-36-17-29(7-12-39-13-8-29)21-3-5-24(35-27(21)36)34-22-4-2-19(20-15-33-28(38)26(20)22)23-16-32-25-14-18(30)6-10-37(23)25/h2-6,10,14,16,31H,7-9,11-13,15,17H2,1H3,(H,33,38)(H,34,35). The topological polar surface area (TPSA) is 95.8 Å². The third-order valence-corrected chi connectivity index (χ3v) is 8.30. The first kappa shape index (κ1) is 24.1. The number of aromatic nitrogens is 3. The lowest BCUT2D eigenvalue weighted by Crippen LogP contribution is -2.40. The number of hydrogen-bond donors (Lipinski definition) is 3. The quantitative estimate of drug-likeness (QED) is 0.353. The second kappa shape index (κ2) is 9.32. The third kappa shape index (κ3) is 3.93. The zero-order valence-corrected chi connectivity index (χ0v) is 21.8. The van der Waals surface area contributed by atoms with Crippen molar-refractivity contribution in [2.75, 3.05) is 50.1 Å². The van der Waals surface area contributed by atoms with Gasteiger partial charge in [0.15, 0.2) is 0 Å². The molecule has 0 radical (unpaired) electrons. The van der Waals surface area contributed by atoms with E-state index in [4.69, 9.17) is 9.72 Å². The highest BCUT2D eigenvalue weighted by atomic mass is 19.1. The number of carbonyl (C=O) groups excluding carboxylic acids is 1. The SMILES string of the molecule is CNCCN1CC2(CCOCC2)c2ccc(Nc3ccc(-c4cnc5cc(F)ccn45)c4c3C(=O)NC4)nc21. The van der Waals surface area contributed by atoms with E-state index in [-0.39, 0.29) is 17.1 Å². The molecule has 1 fully saturated rings. The normalized spacial score (nSPS) is 17.5. The molecule has 3 aliphatic heterocycles. The molecule has 0 unspecified atom stereocenters. The lowest BCUT2D eigenvalue weighted by molar-refractivity contribution is 0.0553. The Kier molecular flexibility index (Phi) is 5.75. The zero-order chi connectivity index (χ0) is 26.6. The minimum Gasteiger partial charge on any atom is -0.381 e. The van der Waals surface area contributed by atoms with Crippen LogP contribution in [0.2, 0.25) is 0 Å². The summed E-state index contributed by atoms with van der Waals surface area (Å²) in [6, 6.07) is 10.9. The van der Waals surface area contributed by atoms with E-state index in [1.807, 2.05) is 29.6 Å². The molecule has 3 aromatic heterocycles. The van der Waals surface area contributed by atoms with Gasteiger partial charge in [0.25, 0.3) is 5.91 Å². The van der Waals surface area contributed by atoms with Crippen molar-refractivity contribution in [1.29, 1.82) is 0 Å². The number of likely N-dealkylation sites (N-methyl/N-ethyl adjacent to an activating group) is 1. The van der Waals surface area contributed by atoms with E-state index in [0.29, 0.717) is 29.3 Å². The van der Waals surface area contributed by atoms with E-state index in [0.717, 1.165) is 68.3 Å². The molecule has 39 heavy (non-hydrogen) atoms. The van der Waals surface area contributed by atoms with Crippen LogP contribution in [-0.2, 0) is 16.7 Å². The highest BCUT2D eigenvalue weighted by molar-refractivity contribution is 6.06. The summed E-state index contributed by atoms with van der Waals surface area (Å²) in [7, 11) is 1.97. The van der Waals surface area contributed by atoms with Crippen molar-refractivity contribution in [2.24, 2.45) is 0 Å². The molecule has 1 saturated heterocycles. The van der Waals surface area contributed by atoms with Gasteiger partial charge in [-0.3, -0.25) is 9.20 Å². The first-order valence-corrected chi connectivity index (χ1v) is 13.4. The van der Waals surface area contributed by atoms with Gasteiger partial charge < -0.3 is 25.6 Å². The van der Waals surface area contributed by atoms with Crippen LogP contribution in [0.15, 0.2) is 48.8 Å². The van der Waals surface area contributed by atoms with Gasteiger partial charge in [-0.15, -0.1) is 0 Å². The van der Waals surface area contributed by atoms with Gasteiger partial charge in [0.1, 0.15) is 23.1 Å². The summed E-state index contributed by atoms with van der Waals surface area (Å²) in [6.45, 7) is 4.64. The number of nitrogens with one attached hydrogen (secondary N) is 3. The molecule has 1 spiro atoms. The summed E-state index contributed by atoms with van der Waals surface area (Å²) in [6.07, 6.45) is 5.37. The van der Waals surface area contributed by atoms with Crippen LogP contribution in [0, 0.1) is 5.82 Å². The predicted octanol–water partition coefficient (Wildman–Crippen LogP) is 3.61. The molecule has 0 atom stereocenters. The van der Waals surface area contributed by atoms with Crippen molar-refractivity contribution >= 4 is 28.9 Å². The van der Waals surface area contributed by atoms with Gasteiger partial charge in [-0.05, 0) is 43.7 Å². The minimum absolute atomic E-state index is 0.0760. The monoisotopic (exact) mass is 527 g/mol. The molecular formula is C29H30FN7O2. The summed E-state index contributed by atoms with van der Waals surface area (Å²) in [4.78, 5) is 24.8. The van der Waals surface area contributed by atoms with Crippen LogP contribution in [-0.4, -0.2) is 60.2 Å². The number of hydrogen-bond acceptors (Lipinski definition) is 7. The fourth-order valence-electron chi connectivity index (χ4n) is 6.30. The number of carbonyl (C=O) groups is 1. The van der Waals surface area contributed by atoms with E-state index in [1.54, 1.807) is 12.4 Å². The smallest absolute Gasteiger partial charge is 0.254 e. The first-order chi connectivity index (χ1) is 19.1. The van der Waals surface area contributed by atoms with Gasteiger partial charge in [0.05, 0.1) is 23.1 Å². The van der Waals surface area contributed by atoms with Crippen LogP contribution in [0.1, 0.15) is 34.3 Å². The highest BCUT2D eigenvalue weighted by Gasteiger charge is 2.44. The Labute approximate surface area is 225 Å². The second-order valence-electron chi connectivity index (χ2n) is 10.5. The Balaban J connectivity index is 1.25. The fourth-order valence-corrected chi connectivity index (χ4v) is 6.30. The van der Waals surface area contributed by atoms with Crippen LogP contribution in [0.25, 0.3) is 16.9 Å². The van der Waals surface area contributed by atoms with Crippen molar-refractivity contribution in [3.05, 3.63) is 71.3 Å². The van der Waals surface area contributed by atoms with E-state index in [2.05, 4.69) is 31.9 Å². The number of ether oxygens (including phenoxy) is 1. The number of nitrogens with zero attached hydrogens (tertiary/aromatic N) is 4. The van der Waals surface area contributed by atoms with E-state index >= 15 is 0 Å². The minimum atomic E-state index is -0.338. The fraction of sp³-hybridized carbons (Fsp3) is 0.345.